The third-order valence-corrected chi connectivity index (χ3v) is 2.69. The number of rotatable bonds is 5. The number of halogens is 6. The van der Waals surface area contributed by atoms with Gasteiger partial charge in [-0.2, -0.15) is 0 Å². The number of aryl methyl sites for hydroxylation is 1. The van der Waals surface area contributed by atoms with Crippen molar-refractivity contribution in [1.82, 2.24) is 4.57 Å². The number of hydrogen-bond donors (Lipinski definition) is 0. The molecule has 0 aliphatic carbocycles. The molecule has 0 radical (unpaired) electrons. The van der Waals surface area contributed by atoms with E-state index in [0.29, 0.717) is 24.3 Å². The van der Waals surface area contributed by atoms with E-state index >= 15 is 0 Å². The van der Waals surface area contributed by atoms with E-state index in [9.17, 15) is 34.8 Å². The van der Waals surface area contributed by atoms with Crippen molar-refractivity contribution in [2.24, 2.45) is 7.05 Å². The van der Waals surface area contributed by atoms with Crippen LogP contribution in [0.15, 0.2) is 43.0 Å². The summed E-state index contributed by atoms with van der Waals surface area (Å²) < 4.78 is 68.2. The van der Waals surface area contributed by atoms with Crippen LogP contribution in [0.2, 0.25) is 0 Å². The van der Waals surface area contributed by atoms with E-state index < -0.39 is 7.81 Å². The Kier molecular flexibility index (Phi) is 5.88. The van der Waals surface area contributed by atoms with Crippen molar-refractivity contribution in [3.63, 3.8) is 0 Å². The Morgan fingerprint density at radius 1 is 1.15 bits per heavy atom. The van der Waals surface area contributed by atoms with Gasteiger partial charge in [-0.3, -0.25) is 4.79 Å². The molecule has 26 heavy (non-hydrogen) atoms. The molecule has 2 aromatic rings. The van der Waals surface area contributed by atoms with Gasteiger partial charge in [0.25, 0.3) is 0 Å². The summed E-state index contributed by atoms with van der Waals surface area (Å²) in [5, 5.41) is 0. The summed E-state index contributed by atoms with van der Waals surface area (Å²) in [5.41, 5.74) is 0.986. The van der Waals surface area contributed by atoms with Crippen LogP contribution in [0.4, 0.5) is 25.2 Å². The maximum absolute atomic E-state index is 11.7. The second kappa shape index (κ2) is 7.06. The number of carbonyl (C=O) groups is 2. The second-order valence-corrected chi connectivity index (χ2v) is 7.07. The van der Waals surface area contributed by atoms with Crippen LogP contribution in [0, 0.1) is 0 Å². The quantitative estimate of drug-likeness (QED) is 0.245. The number of imidazole rings is 1. The van der Waals surface area contributed by atoms with Crippen LogP contribution in [0.5, 0.6) is 0 Å². The molecule has 12 heteroatoms. The molecule has 0 saturated heterocycles. The number of nitrogens with zero attached hydrogens (tertiary/aromatic N) is 2. The molecule has 1 aromatic carbocycles. The number of ether oxygens (including phenoxy) is 1. The third kappa shape index (κ3) is 11.2. The van der Waals surface area contributed by atoms with E-state index in [1.807, 2.05) is 34.9 Å². The van der Waals surface area contributed by atoms with Crippen LogP contribution in [-0.4, -0.2) is 23.4 Å². The fourth-order valence-corrected chi connectivity index (χ4v) is 1.66. The van der Waals surface area contributed by atoms with Gasteiger partial charge in [0.05, 0.1) is 12.6 Å². The molecule has 1 heterocycles. The topological polar surface area (TPSA) is 52.2 Å². The van der Waals surface area contributed by atoms with E-state index in [4.69, 9.17) is 4.74 Å². The van der Waals surface area contributed by atoms with Gasteiger partial charge in [-0.15, -0.1) is 0 Å². The molecule has 146 valence electrons. The average molecular weight is 404 g/mol. The van der Waals surface area contributed by atoms with Crippen molar-refractivity contribution in [1.29, 1.82) is 0 Å². The number of esters is 1. The molecule has 0 fully saturated rings. The molecule has 0 bridgehead atoms. The SMILES string of the molecule is C[n+]1ccn(CCOC(=O)c2ccc(C=O)cc2)c1.F[P-](F)(F)(F)(F)F. The average Bonchev–Trinajstić information content (AvgIpc) is 2.89. The first-order valence-corrected chi connectivity index (χ1v) is 8.96. The van der Waals surface area contributed by atoms with Gasteiger partial charge < -0.3 is 4.74 Å². The monoisotopic (exact) mass is 404 g/mol. The molecule has 1 aromatic heterocycles. The number of carbonyl (C=O) groups excluding carboxylic acids is 2. The summed E-state index contributed by atoms with van der Waals surface area (Å²) in [5.74, 6) is -0.381. The Labute approximate surface area is 144 Å². The Balaban J connectivity index is 0.000000412. The van der Waals surface area contributed by atoms with Gasteiger partial charge in [-0.05, 0) is 12.1 Å². The van der Waals surface area contributed by atoms with E-state index in [1.54, 1.807) is 24.3 Å². The van der Waals surface area contributed by atoms with Crippen LogP contribution in [0.3, 0.4) is 0 Å². The fraction of sp³-hybridized carbons (Fsp3) is 0.214. The van der Waals surface area contributed by atoms with Crippen LogP contribution >= 0.6 is 7.81 Å². The van der Waals surface area contributed by atoms with Crippen LogP contribution in [0.1, 0.15) is 20.7 Å². The number of hydrogen-bond acceptors (Lipinski definition) is 3. The van der Waals surface area contributed by atoms with Crippen LogP contribution < -0.4 is 4.57 Å². The fourth-order valence-electron chi connectivity index (χ4n) is 1.66. The number of benzene rings is 1. The molecular formula is C14H15F6N2O3P. The summed E-state index contributed by atoms with van der Waals surface area (Å²) in [6.45, 7) is 0.919. The van der Waals surface area contributed by atoms with Crippen molar-refractivity contribution < 1.29 is 44.1 Å². The van der Waals surface area contributed by atoms with Crippen molar-refractivity contribution in [3.05, 3.63) is 54.1 Å². The van der Waals surface area contributed by atoms with Crippen molar-refractivity contribution in [2.45, 2.75) is 6.54 Å². The van der Waals surface area contributed by atoms with E-state index in [-0.39, 0.29) is 5.97 Å². The predicted molar refractivity (Wildman–Crippen MR) is 81.3 cm³/mol. The van der Waals surface area contributed by atoms with Gasteiger partial charge >= 0.3 is 39.0 Å². The summed E-state index contributed by atoms with van der Waals surface area (Å²) in [4.78, 5) is 22.2. The molecule has 0 atom stereocenters. The standard InChI is InChI=1S/C14H15N2O3.F6P/c1-15-6-7-16(11-15)8-9-19-14(18)13-4-2-12(10-17)3-5-13;1-7(2,3,4,5)6/h2-7,10-11H,8-9H2,1H3;/q+1;-1. The number of aldehydes is 1. The minimum absolute atomic E-state index is 0.308. The summed E-state index contributed by atoms with van der Waals surface area (Å²) in [7, 11) is -8.73. The minimum atomic E-state index is -10.7. The van der Waals surface area contributed by atoms with E-state index in [1.165, 1.54) is 0 Å². The van der Waals surface area contributed by atoms with Gasteiger partial charge in [0.15, 0.2) is 0 Å². The van der Waals surface area contributed by atoms with Gasteiger partial charge in [0.2, 0.25) is 6.33 Å². The first-order chi connectivity index (χ1) is 11.6. The summed E-state index contributed by atoms with van der Waals surface area (Å²) >= 11 is 0. The van der Waals surface area contributed by atoms with Crippen molar-refractivity contribution in [3.8, 4) is 0 Å². The van der Waals surface area contributed by atoms with Crippen molar-refractivity contribution in [2.75, 3.05) is 6.61 Å². The molecule has 0 N–H and O–H groups in total. The molecule has 0 unspecified atom stereocenters. The zero-order valence-electron chi connectivity index (χ0n) is 13.4. The first-order valence-electron chi connectivity index (χ1n) is 6.94. The molecule has 5 nitrogen and oxygen atoms in total. The number of aromatic nitrogens is 2. The van der Waals surface area contributed by atoms with Gasteiger partial charge in [0.1, 0.15) is 31.8 Å². The Bertz CT molecular complexity index is 761. The summed E-state index contributed by atoms with van der Waals surface area (Å²) in [6.07, 6.45) is 6.47. The maximum atomic E-state index is 11.7. The molecule has 2 rings (SSSR count). The molecule has 0 saturated carbocycles. The molecule has 0 aliphatic rings. The van der Waals surface area contributed by atoms with Gasteiger partial charge in [0, 0.05) is 5.56 Å². The second-order valence-electron chi connectivity index (χ2n) is 5.15. The Morgan fingerprint density at radius 3 is 2.12 bits per heavy atom. The van der Waals surface area contributed by atoms with Gasteiger partial charge in [-0.25, -0.2) is 13.9 Å². The molecule has 0 aliphatic heterocycles. The Morgan fingerprint density at radius 2 is 1.69 bits per heavy atom. The summed E-state index contributed by atoms with van der Waals surface area (Å²) in [6, 6.07) is 6.36. The molecular weight excluding hydrogens is 389 g/mol. The van der Waals surface area contributed by atoms with Crippen LogP contribution in [0.25, 0.3) is 0 Å². The zero-order chi connectivity index (χ0) is 20.1. The van der Waals surface area contributed by atoms with E-state index in [2.05, 4.69) is 0 Å². The van der Waals surface area contributed by atoms with E-state index in [0.717, 1.165) is 6.29 Å². The van der Waals surface area contributed by atoms with Gasteiger partial charge in [-0.1, -0.05) is 12.1 Å². The third-order valence-electron chi connectivity index (χ3n) is 2.69. The first kappa shape index (κ1) is 21.6. The van der Waals surface area contributed by atoms with Crippen molar-refractivity contribution >= 4 is 20.1 Å². The normalized spacial score (nSPS) is 13.7. The predicted octanol–water partition coefficient (Wildman–Crippen LogP) is 4.36. The zero-order valence-corrected chi connectivity index (χ0v) is 14.3. The Hall–Kier alpha value is -2.42. The van der Waals surface area contributed by atoms with Crippen LogP contribution in [-0.2, 0) is 18.3 Å². The molecule has 0 spiro atoms. The molecule has 0 amide bonds.